The highest BCUT2D eigenvalue weighted by Gasteiger charge is 2.09. The zero-order valence-electron chi connectivity index (χ0n) is 6.99. The first-order valence-electron chi connectivity index (χ1n) is 3.80. The van der Waals surface area contributed by atoms with Crippen molar-refractivity contribution in [1.82, 2.24) is 9.78 Å². The number of aldehydes is 1. The highest BCUT2D eigenvalue weighted by molar-refractivity contribution is 9.10. The maximum Gasteiger partial charge on any atom is 0.150 e. The van der Waals surface area contributed by atoms with Gasteiger partial charge in [-0.1, -0.05) is 12.1 Å². The van der Waals surface area contributed by atoms with Crippen molar-refractivity contribution in [2.45, 2.75) is 0 Å². The molecule has 1 aromatic carbocycles. The number of benzene rings is 1. The quantitative estimate of drug-likeness (QED) is 0.714. The van der Waals surface area contributed by atoms with Crippen LogP contribution in [-0.2, 0) is 7.05 Å². The Morgan fingerprint density at radius 1 is 1.54 bits per heavy atom. The minimum Gasteiger partial charge on any atom is -0.298 e. The maximum absolute atomic E-state index is 10.7. The van der Waals surface area contributed by atoms with Gasteiger partial charge in [-0.05, 0) is 22.0 Å². The lowest BCUT2D eigenvalue weighted by molar-refractivity contribution is 0.112. The van der Waals surface area contributed by atoms with Crippen molar-refractivity contribution in [3.8, 4) is 0 Å². The van der Waals surface area contributed by atoms with E-state index in [-0.39, 0.29) is 0 Å². The standard InChI is InChI=1S/C9H7BrN2O/c1-12-9(10)8-6(5-13)3-2-4-7(8)11-12/h2-5H,1H3. The summed E-state index contributed by atoms with van der Waals surface area (Å²) in [6.45, 7) is 0. The molecular formula is C9H7BrN2O. The highest BCUT2D eigenvalue weighted by atomic mass is 79.9. The minimum atomic E-state index is 0.664. The van der Waals surface area contributed by atoms with E-state index in [2.05, 4.69) is 21.0 Å². The van der Waals surface area contributed by atoms with Crippen molar-refractivity contribution < 1.29 is 4.79 Å². The third kappa shape index (κ3) is 1.18. The van der Waals surface area contributed by atoms with E-state index < -0.39 is 0 Å². The Balaban J connectivity index is 2.94. The van der Waals surface area contributed by atoms with E-state index in [0.717, 1.165) is 21.8 Å². The second-order valence-corrected chi connectivity index (χ2v) is 3.52. The van der Waals surface area contributed by atoms with Gasteiger partial charge in [0.15, 0.2) is 6.29 Å². The largest absolute Gasteiger partial charge is 0.298 e. The lowest BCUT2D eigenvalue weighted by atomic mass is 10.1. The number of carbonyl (C=O) groups excluding carboxylic acids is 1. The van der Waals surface area contributed by atoms with Crippen LogP contribution < -0.4 is 0 Å². The third-order valence-corrected chi connectivity index (χ3v) is 2.86. The molecule has 66 valence electrons. The summed E-state index contributed by atoms with van der Waals surface area (Å²) in [7, 11) is 1.83. The van der Waals surface area contributed by atoms with Gasteiger partial charge in [0.25, 0.3) is 0 Å². The van der Waals surface area contributed by atoms with Gasteiger partial charge >= 0.3 is 0 Å². The van der Waals surface area contributed by atoms with Gasteiger partial charge in [0.1, 0.15) is 4.60 Å². The Morgan fingerprint density at radius 3 is 3.00 bits per heavy atom. The summed E-state index contributed by atoms with van der Waals surface area (Å²) in [4.78, 5) is 10.7. The summed E-state index contributed by atoms with van der Waals surface area (Å²) >= 11 is 3.38. The van der Waals surface area contributed by atoms with Gasteiger partial charge in [-0.2, -0.15) is 5.10 Å². The number of hydrogen-bond acceptors (Lipinski definition) is 2. The number of hydrogen-bond donors (Lipinski definition) is 0. The van der Waals surface area contributed by atoms with Crippen LogP contribution in [-0.4, -0.2) is 16.1 Å². The number of carbonyl (C=O) groups is 1. The molecular weight excluding hydrogens is 232 g/mol. The summed E-state index contributed by atoms with van der Waals surface area (Å²) in [5.41, 5.74) is 1.50. The summed E-state index contributed by atoms with van der Waals surface area (Å²) in [5, 5.41) is 5.11. The van der Waals surface area contributed by atoms with Crippen LogP contribution in [0.3, 0.4) is 0 Å². The number of aromatic nitrogens is 2. The monoisotopic (exact) mass is 238 g/mol. The molecule has 2 aromatic rings. The zero-order chi connectivity index (χ0) is 9.42. The molecule has 0 saturated heterocycles. The molecule has 0 aliphatic heterocycles. The third-order valence-electron chi connectivity index (χ3n) is 1.95. The van der Waals surface area contributed by atoms with E-state index in [9.17, 15) is 4.79 Å². The molecule has 13 heavy (non-hydrogen) atoms. The topological polar surface area (TPSA) is 34.9 Å². The molecule has 0 bridgehead atoms. The fourth-order valence-electron chi connectivity index (χ4n) is 1.33. The Morgan fingerprint density at radius 2 is 2.31 bits per heavy atom. The highest BCUT2D eigenvalue weighted by Crippen LogP contribution is 2.25. The fourth-order valence-corrected chi connectivity index (χ4v) is 1.84. The molecule has 0 N–H and O–H groups in total. The predicted octanol–water partition coefficient (Wildman–Crippen LogP) is 2.15. The van der Waals surface area contributed by atoms with Gasteiger partial charge < -0.3 is 0 Å². The van der Waals surface area contributed by atoms with E-state index in [1.54, 1.807) is 10.7 Å². The molecule has 0 amide bonds. The fraction of sp³-hybridized carbons (Fsp3) is 0.111. The average molecular weight is 239 g/mol. The molecule has 0 radical (unpaired) electrons. The first-order valence-corrected chi connectivity index (χ1v) is 4.59. The summed E-state index contributed by atoms with van der Waals surface area (Å²) < 4.78 is 2.54. The second-order valence-electron chi connectivity index (χ2n) is 2.77. The molecule has 1 heterocycles. The number of fused-ring (bicyclic) bond motifs is 1. The van der Waals surface area contributed by atoms with Gasteiger partial charge in [-0.25, -0.2) is 0 Å². The maximum atomic E-state index is 10.7. The Bertz CT molecular complexity index is 476. The van der Waals surface area contributed by atoms with Gasteiger partial charge in [-0.15, -0.1) is 0 Å². The van der Waals surface area contributed by atoms with Crippen LogP contribution in [0.15, 0.2) is 22.8 Å². The van der Waals surface area contributed by atoms with Gasteiger partial charge in [-0.3, -0.25) is 9.48 Å². The normalized spacial score (nSPS) is 10.6. The molecule has 0 atom stereocenters. The van der Waals surface area contributed by atoms with Crippen LogP contribution in [0.2, 0.25) is 0 Å². The van der Waals surface area contributed by atoms with Crippen LogP contribution >= 0.6 is 15.9 Å². The Hall–Kier alpha value is -1.16. The Kier molecular flexibility index (Phi) is 1.92. The molecule has 0 aliphatic carbocycles. The molecule has 4 heteroatoms. The van der Waals surface area contributed by atoms with Gasteiger partial charge in [0, 0.05) is 18.0 Å². The summed E-state index contributed by atoms with van der Waals surface area (Å²) in [6.07, 6.45) is 0.842. The molecule has 0 spiro atoms. The van der Waals surface area contributed by atoms with E-state index >= 15 is 0 Å². The van der Waals surface area contributed by atoms with Crippen LogP contribution in [0.25, 0.3) is 10.9 Å². The predicted molar refractivity (Wildman–Crippen MR) is 53.8 cm³/mol. The zero-order valence-corrected chi connectivity index (χ0v) is 8.58. The number of aryl methyl sites for hydroxylation is 1. The van der Waals surface area contributed by atoms with E-state index in [1.807, 2.05) is 19.2 Å². The van der Waals surface area contributed by atoms with Crippen molar-refractivity contribution in [2.75, 3.05) is 0 Å². The molecule has 0 saturated carbocycles. The smallest absolute Gasteiger partial charge is 0.150 e. The van der Waals surface area contributed by atoms with Crippen molar-refractivity contribution in [3.05, 3.63) is 28.4 Å². The average Bonchev–Trinajstić information content (AvgIpc) is 2.43. The van der Waals surface area contributed by atoms with E-state index in [4.69, 9.17) is 0 Å². The Labute approximate surface area is 83.5 Å². The van der Waals surface area contributed by atoms with Crippen LogP contribution in [0.1, 0.15) is 10.4 Å². The van der Waals surface area contributed by atoms with Crippen LogP contribution in [0, 0.1) is 0 Å². The lowest BCUT2D eigenvalue weighted by Crippen LogP contribution is -1.88. The molecule has 2 rings (SSSR count). The van der Waals surface area contributed by atoms with E-state index in [0.29, 0.717) is 5.56 Å². The first-order chi connectivity index (χ1) is 6.24. The number of nitrogens with zero attached hydrogens (tertiary/aromatic N) is 2. The second kappa shape index (κ2) is 2.96. The first kappa shape index (κ1) is 8.44. The number of rotatable bonds is 1. The van der Waals surface area contributed by atoms with Crippen molar-refractivity contribution in [1.29, 1.82) is 0 Å². The van der Waals surface area contributed by atoms with Crippen LogP contribution in [0.4, 0.5) is 0 Å². The SMILES string of the molecule is Cn1nc2cccc(C=O)c2c1Br. The van der Waals surface area contributed by atoms with Crippen LogP contribution in [0.5, 0.6) is 0 Å². The molecule has 1 aromatic heterocycles. The van der Waals surface area contributed by atoms with Crippen molar-refractivity contribution in [2.24, 2.45) is 7.05 Å². The number of halogens is 1. The van der Waals surface area contributed by atoms with Gasteiger partial charge in [0.2, 0.25) is 0 Å². The lowest BCUT2D eigenvalue weighted by Gasteiger charge is -1.93. The molecule has 0 aliphatic rings. The molecule has 0 fully saturated rings. The molecule has 0 unspecified atom stereocenters. The van der Waals surface area contributed by atoms with Crippen molar-refractivity contribution >= 4 is 33.1 Å². The van der Waals surface area contributed by atoms with E-state index in [1.165, 1.54) is 0 Å². The van der Waals surface area contributed by atoms with Crippen molar-refractivity contribution in [3.63, 3.8) is 0 Å². The minimum absolute atomic E-state index is 0.664. The van der Waals surface area contributed by atoms with Gasteiger partial charge in [0.05, 0.1) is 5.52 Å². The summed E-state index contributed by atoms with van der Waals surface area (Å²) in [5.74, 6) is 0. The molecule has 3 nitrogen and oxygen atoms in total. The summed E-state index contributed by atoms with van der Waals surface area (Å²) in [6, 6.07) is 5.49.